The molecule has 0 spiro atoms. The van der Waals surface area contributed by atoms with Crippen LogP contribution in [0.4, 0.5) is 5.82 Å². The minimum atomic E-state index is -3.57. The van der Waals surface area contributed by atoms with E-state index in [1.165, 1.54) is 22.6 Å². The average molecular weight is 287 g/mol. The van der Waals surface area contributed by atoms with E-state index in [1.54, 1.807) is 7.11 Å². The molecule has 0 aliphatic heterocycles. The number of nitrogens with two attached hydrogens (primary N) is 1. The van der Waals surface area contributed by atoms with Crippen LogP contribution in [0.15, 0.2) is 23.2 Å². The van der Waals surface area contributed by atoms with Crippen molar-refractivity contribution in [2.75, 3.05) is 26.0 Å². The summed E-state index contributed by atoms with van der Waals surface area (Å²) in [4.78, 5) is 3.98. The van der Waals surface area contributed by atoms with E-state index in [0.29, 0.717) is 19.0 Å². The zero-order chi connectivity index (χ0) is 14.5. The Bertz CT molecular complexity index is 487. The number of nitrogens with zero attached hydrogens (tertiary/aromatic N) is 2. The number of pyridine rings is 1. The van der Waals surface area contributed by atoms with Crippen molar-refractivity contribution in [3.8, 4) is 0 Å². The second-order valence-electron chi connectivity index (χ2n) is 4.28. The second-order valence-corrected chi connectivity index (χ2v) is 6.18. The second kappa shape index (κ2) is 6.83. The zero-order valence-corrected chi connectivity index (χ0v) is 12.4. The van der Waals surface area contributed by atoms with Gasteiger partial charge in [-0.15, -0.1) is 0 Å². The molecule has 0 aliphatic rings. The summed E-state index contributed by atoms with van der Waals surface area (Å²) in [6.07, 6.45) is 2.01. The predicted molar refractivity (Wildman–Crippen MR) is 74.2 cm³/mol. The van der Waals surface area contributed by atoms with E-state index in [2.05, 4.69) is 4.98 Å². The molecule has 1 unspecified atom stereocenters. The van der Waals surface area contributed by atoms with Gasteiger partial charge in [-0.2, -0.15) is 4.31 Å². The lowest BCUT2D eigenvalue weighted by Crippen LogP contribution is -2.40. The maximum absolute atomic E-state index is 12.5. The summed E-state index contributed by atoms with van der Waals surface area (Å²) >= 11 is 0. The Morgan fingerprint density at radius 3 is 2.63 bits per heavy atom. The summed E-state index contributed by atoms with van der Waals surface area (Å²) in [5, 5.41) is 0. The number of rotatable bonds is 7. The summed E-state index contributed by atoms with van der Waals surface area (Å²) in [6.45, 7) is 4.49. The molecule has 1 heterocycles. The van der Waals surface area contributed by atoms with Crippen molar-refractivity contribution in [2.24, 2.45) is 0 Å². The van der Waals surface area contributed by atoms with Crippen molar-refractivity contribution in [1.29, 1.82) is 0 Å². The molecule has 0 saturated carbocycles. The van der Waals surface area contributed by atoms with Gasteiger partial charge in [0.2, 0.25) is 10.0 Å². The van der Waals surface area contributed by atoms with Gasteiger partial charge in [-0.3, -0.25) is 0 Å². The normalized spacial score (nSPS) is 13.7. The number of sulfonamides is 1. The molecule has 0 saturated heterocycles. The fourth-order valence-corrected chi connectivity index (χ4v) is 3.28. The fraction of sp³-hybridized carbons (Fsp3) is 0.583. The average Bonchev–Trinajstić information content (AvgIpc) is 2.39. The number of hydrogen-bond donors (Lipinski definition) is 1. The van der Waals surface area contributed by atoms with Gasteiger partial charge in [0.25, 0.3) is 0 Å². The molecule has 7 heteroatoms. The van der Waals surface area contributed by atoms with Crippen LogP contribution < -0.4 is 5.73 Å². The molecule has 1 aromatic heterocycles. The van der Waals surface area contributed by atoms with Crippen LogP contribution in [-0.4, -0.2) is 44.0 Å². The van der Waals surface area contributed by atoms with E-state index in [4.69, 9.17) is 10.5 Å². The monoisotopic (exact) mass is 287 g/mol. The fourth-order valence-electron chi connectivity index (χ4n) is 1.64. The lowest BCUT2D eigenvalue weighted by molar-refractivity contribution is 0.167. The van der Waals surface area contributed by atoms with Crippen LogP contribution in [0.25, 0.3) is 0 Å². The molecule has 108 valence electrons. The molecule has 0 aromatic carbocycles. The highest BCUT2D eigenvalue weighted by Gasteiger charge is 2.28. The van der Waals surface area contributed by atoms with Gasteiger partial charge in [-0.05, 0) is 25.5 Å². The molecule has 1 aromatic rings. The van der Waals surface area contributed by atoms with Crippen molar-refractivity contribution in [1.82, 2.24) is 9.29 Å². The van der Waals surface area contributed by atoms with Crippen LogP contribution in [-0.2, 0) is 14.8 Å². The zero-order valence-electron chi connectivity index (χ0n) is 11.5. The van der Waals surface area contributed by atoms with Crippen LogP contribution in [0.3, 0.4) is 0 Å². The van der Waals surface area contributed by atoms with Crippen molar-refractivity contribution in [3.05, 3.63) is 18.3 Å². The molecular formula is C12H21N3O3S. The van der Waals surface area contributed by atoms with Crippen molar-refractivity contribution < 1.29 is 13.2 Å². The summed E-state index contributed by atoms with van der Waals surface area (Å²) in [6, 6.07) is 2.86. The predicted octanol–water partition coefficient (Wildman–Crippen LogP) is 1.10. The van der Waals surface area contributed by atoms with E-state index in [9.17, 15) is 8.42 Å². The standard InChI is InChI=1S/C12H21N3O3S/c1-4-10(2)15(7-8-18-3)19(16,17)11-5-6-12(13)14-9-11/h5-6,9-10H,4,7-8H2,1-3H3,(H2,13,14). The smallest absolute Gasteiger partial charge is 0.244 e. The third-order valence-corrected chi connectivity index (χ3v) is 4.96. The maximum Gasteiger partial charge on any atom is 0.244 e. The Morgan fingerprint density at radius 2 is 2.16 bits per heavy atom. The number of anilines is 1. The number of aromatic nitrogens is 1. The minimum Gasteiger partial charge on any atom is -0.384 e. The number of nitrogen functional groups attached to an aromatic ring is 1. The quantitative estimate of drug-likeness (QED) is 0.811. The van der Waals surface area contributed by atoms with Gasteiger partial charge in [0, 0.05) is 25.9 Å². The van der Waals surface area contributed by atoms with Gasteiger partial charge in [0.05, 0.1) is 6.61 Å². The topological polar surface area (TPSA) is 85.5 Å². The van der Waals surface area contributed by atoms with E-state index in [0.717, 1.165) is 6.42 Å². The molecule has 2 N–H and O–H groups in total. The van der Waals surface area contributed by atoms with E-state index in [1.807, 2.05) is 13.8 Å². The molecule has 0 fully saturated rings. The van der Waals surface area contributed by atoms with Gasteiger partial charge in [0.1, 0.15) is 10.7 Å². The number of methoxy groups -OCH3 is 1. The third kappa shape index (κ3) is 3.89. The highest BCUT2D eigenvalue weighted by molar-refractivity contribution is 7.89. The third-order valence-electron chi connectivity index (χ3n) is 2.96. The van der Waals surface area contributed by atoms with Gasteiger partial charge in [0.15, 0.2) is 0 Å². The molecule has 0 aliphatic carbocycles. The first-order chi connectivity index (χ1) is 8.93. The minimum absolute atomic E-state index is 0.0993. The van der Waals surface area contributed by atoms with E-state index < -0.39 is 10.0 Å². The van der Waals surface area contributed by atoms with Crippen LogP contribution in [0, 0.1) is 0 Å². The molecule has 19 heavy (non-hydrogen) atoms. The molecule has 0 amide bonds. The lowest BCUT2D eigenvalue weighted by atomic mass is 10.3. The van der Waals surface area contributed by atoms with Gasteiger partial charge < -0.3 is 10.5 Å². The Balaban J connectivity index is 3.07. The van der Waals surface area contributed by atoms with Crippen molar-refractivity contribution in [2.45, 2.75) is 31.2 Å². The highest BCUT2D eigenvalue weighted by Crippen LogP contribution is 2.19. The summed E-state index contributed by atoms with van der Waals surface area (Å²) < 4.78 is 31.5. The van der Waals surface area contributed by atoms with Gasteiger partial charge in [-0.1, -0.05) is 6.92 Å². The summed E-state index contributed by atoms with van der Waals surface area (Å²) in [5.41, 5.74) is 5.47. The molecule has 0 radical (unpaired) electrons. The molecule has 1 rings (SSSR count). The molecule has 6 nitrogen and oxygen atoms in total. The van der Waals surface area contributed by atoms with Crippen LogP contribution in [0.5, 0.6) is 0 Å². The lowest BCUT2D eigenvalue weighted by Gasteiger charge is -2.27. The first kappa shape index (κ1) is 15.9. The number of ether oxygens (including phenoxy) is 1. The first-order valence-corrected chi connectivity index (χ1v) is 7.59. The molecule has 1 atom stereocenters. The van der Waals surface area contributed by atoms with Gasteiger partial charge in [-0.25, -0.2) is 13.4 Å². The van der Waals surface area contributed by atoms with Crippen molar-refractivity contribution >= 4 is 15.8 Å². The Morgan fingerprint density at radius 1 is 1.47 bits per heavy atom. The number of hydrogen-bond acceptors (Lipinski definition) is 5. The maximum atomic E-state index is 12.5. The van der Waals surface area contributed by atoms with Gasteiger partial charge >= 0.3 is 0 Å². The largest absolute Gasteiger partial charge is 0.384 e. The van der Waals surface area contributed by atoms with Crippen LogP contribution >= 0.6 is 0 Å². The SMILES string of the molecule is CCC(C)N(CCOC)S(=O)(=O)c1ccc(N)nc1. The summed E-state index contributed by atoms with van der Waals surface area (Å²) in [7, 11) is -2.02. The summed E-state index contributed by atoms with van der Waals surface area (Å²) in [5.74, 6) is 0.297. The Labute approximate surface area is 114 Å². The van der Waals surface area contributed by atoms with Crippen LogP contribution in [0.1, 0.15) is 20.3 Å². The first-order valence-electron chi connectivity index (χ1n) is 6.15. The Kier molecular flexibility index (Phi) is 5.71. The van der Waals surface area contributed by atoms with E-state index in [-0.39, 0.29) is 10.9 Å². The van der Waals surface area contributed by atoms with Crippen LogP contribution in [0.2, 0.25) is 0 Å². The highest BCUT2D eigenvalue weighted by atomic mass is 32.2. The molecular weight excluding hydrogens is 266 g/mol. The molecule has 0 bridgehead atoms. The Hall–Kier alpha value is -1.18. The van der Waals surface area contributed by atoms with E-state index >= 15 is 0 Å². The van der Waals surface area contributed by atoms with Crippen molar-refractivity contribution in [3.63, 3.8) is 0 Å².